The van der Waals surface area contributed by atoms with Crippen LogP contribution in [-0.4, -0.2) is 111 Å². The molecule has 19 nitrogen and oxygen atoms in total. The van der Waals surface area contributed by atoms with Crippen molar-refractivity contribution in [2.45, 2.75) is 129 Å². The molecule has 0 fully saturated rings. The maximum atomic E-state index is 14.2. The fraction of sp³-hybridized carbons (Fsp3) is 0.550. The molecule has 0 aliphatic rings. The van der Waals surface area contributed by atoms with Crippen LogP contribution in [0.3, 0.4) is 0 Å². The summed E-state index contributed by atoms with van der Waals surface area (Å²) in [5, 5.41) is 39.8. The summed E-state index contributed by atoms with van der Waals surface area (Å²) in [6.45, 7) is 13.8. The Morgan fingerprint density at radius 2 is 1.31 bits per heavy atom. The lowest BCUT2D eigenvalue weighted by molar-refractivity contribution is -0.142. The number of aliphatic carboxylic acids is 3. The summed E-state index contributed by atoms with van der Waals surface area (Å²) in [4.78, 5) is 127. The van der Waals surface area contributed by atoms with Crippen molar-refractivity contribution in [1.82, 2.24) is 26.6 Å². The predicted molar refractivity (Wildman–Crippen MR) is 212 cm³/mol. The first kappa shape index (κ1) is 51.0. The second kappa shape index (κ2) is 23.4. The van der Waals surface area contributed by atoms with Gasteiger partial charge < -0.3 is 52.4 Å². The van der Waals surface area contributed by atoms with Crippen LogP contribution < -0.4 is 32.3 Å². The highest BCUT2D eigenvalue weighted by Gasteiger charge is 2.42. The van der Waals surface area contributed by atoms with Gasteiger partial charge in [-0.25, -0.2) is 0 Å². The van der Waals surface area contributed by atoms with E-state index in [1.165, 1.54) is 6.08 Å². The van der Waals surface area contributed by atoms with E-state index in [2.05, 4.69) is 33.2 Å². The predicted octanol–water partition coefficient (Wildman–Crippen LogP) is 0.300. The van der Waals surface area contributed by atoms with Crippen LogP contribution in [0.15, 0.2) is 36.9 Å². The Balaban J connectivity index is 3.60. The molecule has 1 aromatic rings. The molecule has 0 spiro atoms. The van der Waals surface area contributed by atoms with Crippen LogP contribution in [0.25, 0.3) is 0 Å². The van der Waals surface area contributed by atoms with Gasteiger partial charge in [-0.2, -0.15) is 0 Å². The van der Waals surface area contributed by atoms with Crippen LogP contribution in [0.5, 0.6) is 0 Å². The summed E-state index contributed by atoms with van der Waals surface area (Å²) >= 11 is 0. The fourth-order valence-electron chi connectivity index (χ4n) is 5.88. The molecule has 2 unspecified atom stereocenters. The minimum Gasteiger partial charge on any atom is -0.481 e. The van der Waals surface area contributed by atoms with Crippen LogP contribution in [0, 0.1) is 18.3 Å². The zero-order valence-electron chi connectivity index (χ0n) is 34.3. The van der Waals surface area contributed by atoms with E-state index in [0.29, 0.717) is 5.56 Å². The Labute approximate surface area is 342 Å². The summed E-state index contributed by atoms with van der Waals surface area (Å²) in [5.41, 5.74) is 4.46. The van der Waals surface area contributed by atoms with Gasteiger partial charge in [-0.1, -0.05) is 70.5 Å². The van der Waals surface area contributed by atoms with Gasteiger partial charge in [0, 0.05) is 19.3 Å². The third kappa shape index (κ3) is 18.0. The third-order valence-electron chi connectivity index (χ3n) is 8.94. The van der Waals surface area contributed by atoms with Gasteiger partial charge in [0.25, 0.3) is 0 Å². The smallest absolute Gasteiger partial charge is 0.305 e. The molecule has 1 rings (SSSR count). The van der Waals surface area contributed by atoms with Crippen molar-refractivity contribution >= 4 is 59.5 Å². The molecule has 326 valence electrons. The minimum atomic E-state index is -1.98. The SMILES string of the molecule is C=CCC(N)(C=O)C(=O)[C@H](CC(C)C)NC(=O)C(NC(=O)[C@H](Cc1cccc(C)c1)NC(=O)[C@H](CCC(=O)O)NC(=O)[C@H](CC(=O)O)NC(=O)CCC(=O)O)C(C)(C)C. The maximum absolute atomic E-state index is 14.2. The van der Waals surface area contributed by atoms with Gasteiger partial charge in [0.05, 0.1) is 18.9 Å². The Morgan fingerprint density at radius 3 is 1.81 bits per heavy atom. The minimum absolute atomic E-state index is 0.0914. The average molecular weight is 831 g/mol. The van der Waals surface area contributed by atoms with Crippen LogP contribution in [0.4, 0.5) is 0 Å². The number of amides is 5. The number of nitrogens with two attached hydrogens (primary N) is 1. The summed E-state index contributed by atoms with van der Waals surface area (Å²) in [7, 11) is 0. The molecule has 1 aromatic carbocycles. The molecule has 0 saturated carbocycles. The van der Waals surface area contributed by atoms with Crippen molar-refractivity contribution < 1.29 is 63.3 Å². The summed E-state index contributed by atoms with van der Waals surface area (Å²) in [6.07, 6.45) is -2.12. The fourth-order valence-corrected chi connectivity index (χ4v) is 5.88. The van der Waals surface area contributed by atoms with E-state index in [4.69, 9.17) is 10.8 Å². The average Bonchev–Trinajstić information content (AvgIpc) is 3.12. The molecule has 0 aliphatic carbocycles. The highest BCUT2D eigenvalue weighted by Crippen LogP contribution is 2.22. The van der Waals surface area contributed by atoms with E-state index < -0.39 is 126 Å². The number of carboxylic acid groups (broad SMARTS) is 3. The molecule has 19 heteroatoms. The van der Waals surface area contributed by atoms with Gasteiger partial charge >= 0.3 is 17.9 Å². The number of carboxylic acids is 3. The topological polar surface area (TPSA) is 318 Å². The molecule has 6 atom stereocenters. The van der Waals surface area contributed by atoms with Gasteiger partial charge in [-0.05, 0) is 43.1 Å². The number of benzene rings is 1. The molecular weight excluding hydrogens is 772 g/mol. The van der Waals surface area contributed by atoms with Crippen molar-refractivity contribution in [2.75, 3.05) is 0 Å². The first-order chi connectivity index (χ1) is 27.3. The molecule has 0 radical (unpaired) electrons. The standard InChI is InChI=1S/C40H58N6O13/c1-8-16-40(41,21-47)34(55)26(17-22(2)3)44-38(59)33(39(5,6)7)46-37(58)27(19-24-11-9-10-23(4)18-24)45-35(56)25(12-14-30(49)50)43-36(57)28(20-32(53)54)42-29(48)13-15-31(51)52/h8-11,18,21-22,25-28,33H,1,12-17,19-20,41H2,2-7H3,(H,42,48)(H,43,57)(H,44,59)(H,45,56)(H,46,58)(H,49,50)(H,51,52)(H,53,54)/t25-,26-,27-,28-,33?,40?/m0/s1. The van der Waals surface area contributed by atoms with Crippen molar-refractivity contribution in [2.24, 2.45) is 17.1 Å². The highest BCUT2D eigenvalue weighted by molar-refractivity contribution is 6.07. The lowest BCUT2D eigenvalue weighted by atomic mass is 9.83. The van der Waals surface area contributed by atoms with E-state index in [1.807, 2.05) is 0 Å². The Bertz CT molecular complexity index is 1740. The van der Waals surface area contributed by atoms with Crippen molar-refractivity contribution in [3.63, 3.8) is 0 Å². The Morgan fingerprint density at radius 1 is 0.746 bits per heavy atom. The van der Waals surface area contributed by atoms with E-state index in [9.17, 15) is 58.2 Å². The monoisotopic (exact) mass is 830 g/mol. The van der Waals surface area contributed by atoms with Gasteiger partial charge in [0.2, 0.25) is 29.5 Å². The zero-order valence-corrected chi connectivity index (χ0v) is 34.3. The normalized spacial score (nSPS) is 14.8. The lowest BCUT2D eigenvalue weighted by Crippen LogP contribution is -2.63. The molecule has 0 aromatic heterocycles. The molecule has 10 N–H and O–H groups in total. The van der Waals surface area contributed by atoms with Gasteiger partial charge in [0.15, 0.2) is 5.78 Å². The van der Waals surface area contributed by atoms with E-state index >= 15 is 0 Å². The molecular formula is C40H58N6O13. The third-order valence-corrected chi connectivity index (χ3v) is 8.94. The lowest BCUT2D eigenvalue weighted by Gasteiger charge is -2.34. The number of nitrogens with one attached hydrogen (secondary N) is 5. The second-order valence-corrected chi connectivity index (χ2v) is 15.9. The molecule has 59 heavy (non-hydrogen) atoms. The number of Topliss-reactive ketones (excluding diaryl/α,β-unsaturated/α-hetero) is 1. The summed E-state index contributed by atoms with van der Waals surface area (Å²) in [6, 6.07) is -0.710. The Kier molecular flexibility index (Phi) is 20.3. The number of aldehydes is 1. The number of hydrogen-bond acceptors (Lipinski definition) is 11. The first-order valence-corrected chi connectivity index (χ1v) is 19.0. The first-order valence-electron chi connectivity index (χ1n) is 19.0. The Hall–Kier alpha value is -5.98. The number of carbonyl (C=O) groups excluding carboxylic acids is 7. The van der Waals surface area contributed by atoms with Crippen molar-refractivity contribution in [3.05, 3.63) is 48.0 Å². The van der Waals surface area contributed by atoms with Crippen LogP contribution in [0.1, 0.15) is 90.7 Å². The van der Waals surface area contributed by atoms with Crippen LogP contribution in [-0.2, 0) is 54.4 Å². The number of ketones is 1. The van der Waals surface area contributed by atoms with E-state index in [-0.39, 0.29) is 31.5 Å². The molecule has 0 aliphatic heterocycles. The van der Waals surface area contributed by atoms with E-state index in [1.54, 1.807) is 65.8 Å². The van der Waals surface area contributed by atoms with Gasteiger partial charge in [0.1, 0.15) is 36.0 Å². The number of hydrogen-bond donors (Lipinski definition) is 9. The number of carbonyl (C=O) groups is 10. The largest absolute Gasteiger partial charge is 0.481 e. The van der Waals surface area contributed by atoms with Crippen molar-refractivity contribution in [3.8, 4) is 0 Å². The molecule has 5 amide bonds. The second-order valence-electron chi connectivity index (χ2n) is 15.9. The van der Waals surface area contributed by atoms with E-state index in [0.717, 1.165) is 5.56 Å². The van der Waals surface area contributed by atoms with Crippen LogP contribution >= 0.6 is 0 Å². The van der Waals surface area contributed by atoms with Crippen LogP contribution in [0.2, 0.25) is 0 Å². The number of aryl methyl sites for hydroxylation is 1. The maximum Gasteiger partial charge on any atom is 0.305 e. The number of rotatable bonds is 26. The zero-order chi connectivity index (χ0) is 45.2. The molecule has 0 saturated heterocycles. The molecule has 0 bridgehead atoms. The summed E-state index contributed by atoms with van der Waals surface area (Å²) < 4.78 is 0. The van der Waals surface area contributed by atoms with Gasteiger partial charge in [-0.3, -0.25) is 43.2 Å². The summed E-state index contributed by atoms with van der Waals surface area (Å²) in [5.74, 6) is -10.1. The van der Waals surface area contributed by atoms with Gasteiger partial charge in [-0.15, -0.1) is 6.58 Å². The quantitative estimate of drug-likeness (QED) is 0.0345. The highest BCUT2D eigenvalue weighted by atomic mass is 16.4. The van der Waals surface area contributed by atoms with Crippen molar-refractivity contribution in [1.29, 1.82) is 0 Å². The molecule has 0 heterocycles.